The van der Waals surface area contributed by atoms with Crippen LogP contribution in [0.15, 0.2) is 30.3 Å². The van der Waals surface area contributed by atoms with Gasteiger partial charge in [-0.1, -0.05) is 43.2 Å². The molecular formula is C18H25N3O4. The molecule has 0 spiro atoms. The summed E-state index contributed by atoms with van der Waals surface area (Å²) in [4.78, 5) is 36.4. The molecule has 7 nitrogen and oxygen atoms in total. The molecule has 1 aliphatic carbocycles. The monoisotopic (exact) mass is 347 g/mol. The Bertz CT molecular complexity index is 624. The number of carboxylic acids is 1. The molecule has 0 heterocycles. The van der Waals surface area contributed by atoms with E-state index in [0.29, 0.717) is 12.8 Å². The fourth-order valence-corrected chi connectivity index (χ4v) is 3.08. The van der Waals surface area contributed by atoms with E-state index >= 15 is 0 Å². The standard InChI is InChI=1S/C18H25N3O4/c1-12(19)15(22)21-18(9-5-6-10-18)17(25)20-14(16(23)24)11-13-7-3-2-4-8-13/h2-4,7-8,12,14H,5-6,9-11,19H2,1H3,(H,20,25)(H,21,22)(H,23,24)/t12-,14-/m0/s1. The van der Waals surface area contributed by atoms with Gasteiger partial charge < -0.3 is 21.5 Å². The second-order valence-corrected chi connectivity index (χ2v) is 6.62. The van der Waals surface area contributed by atoms with E-state index < -0.39 is 35.4 Å². The number of benzene rings is 1. The number of amides is 2. The quantitative estimate of drug-likeness (QED) is 0.575. The summed E-state index contributed by atoms with van der Waals surface area (Å²) in [5, 5.41) is 14.8. The van der Waals surface area contributed by atoms with Crippen molar-refractivity contribution in [2.24, 2.45) is 5.73 Å². The predicted octanol–water partition coefficient (Wildman–Crippen LogP) is 0.575. The SMILES string of the molecule is C[C@H](N)C(=O)NC1(C(=O)N[C@@H](Cc2ccccc2)C(=O)O)CCCC1. The number of carbonyl (C=O) groups is 3. The van der Waals surface area contributed by atoms with Crippen LogP contribution in [-0.4, -0.2) is 40.5 Å². The van der Waals surface area contributed by atoms with Crippen LogP contribution in [0.3, 0.4) is 0 Å². The number of carboxylic acid groups (broad SMARTS) is 1. The lowest BCUT2D eigenvalue weighted by atomic mass is 9.94. The molecule has 1 aromatic carbocycles. The third kappa shape index (κ3) is 4.79. The van der Waals surface area contributed by atoms with Gasteiger partial charge in [0.25, 0.3) is 0 Å². The van der Waals surface area contributed by atoms with Gasteiger partial charge in [0, 0.05) is 6.42 Å². The Morgan fingerprint density at radius 1 is 1.20 bits per heavy atom. The van der Waals surface area contributed by atoms with Crippen molar-refractivity contribution in [3.63, 3.8) is 0 Å². The molecule has 7 heteroatoms. The minimum atomic E-state index is -1.11. The Morgan fingerprint density at radius 2 is 1.80 bits per heavy atom. The summed E-state index contributed by atoms with van der Waals surface area (Å²) in [7, 11) is 0. The fourth-order valence-electron chi connectivity index (χ4n) is 3.08. The normalized spacial score (nSPS) is 18.2. The average molecular weight is 347 g/mol. The van der Waals surface area contributed by atoms with E-state index in [2.05, 4.69) is 10.6 Å². The molecular weight excluding hydrogens is 322 g/mol. The van der Waals surface area contributed by atoms with Crippen molar-refractivity contribution in [2.75, 3.05) is 0 Å². The van der Waals surface area contributed by atoms with Crippen molar-refractivity contribution in [2.45, 2.75) is 56.7 Å². The first-order valence-corrected chi connectivity index (χ1v) is 8.49. The molecule has 1 aliphatic rings. The first kappa shape index (κ1) is 18.9. The number of hydrogen-bond acceptors (Lipinski definition) is 4. The van der Waals surface area contributed by atoms with Gasteiger partial charge in [-0.3, -0.25) is 9.59 Å². The summed E-state index contributed by atoms with van der Waals surface area (Å²) in [5.74, 6) is -1.97. The second-order valence-electron chi connectivity index (χ2n) is 6.62. The molecule has 2 atom stereocenters. The summed E-state index contributed by atoms with van der Waals surface area (Å²) in [6.45, 7) is 1.55. The molecule has 1 saturated carbocycles. The van der Waals surface area contributed by atoms with E-state index in [-0.39, 0.29) is 6.42 Å². The van der Waals surface area contributed by atoms with Gasteiger partial charge in [-0.05, 0) is 25.3 Å². The zero-order valence-corrected chi connectivity index (χ0v) is 14.3. The lowest BCUT2D eigenvalue weighted by Gasteiger charge is -2.31. The third-order valence-corrected chi connectivity index (χ3v) is 4.55. The average Bonchev–Trinajstić information content (AvgIpc) is 3.04. The maximum absolute atomic E-state index is 12.8. The number of aliphatic carboxylic acids is 1. The van der Waals surface area contributed by atoms with Crippen LogP contribution >= 0.6 is 0 Å². The number of rotatable bonds is 7. The Balaban J connectivity index is 2.12. The van der Waals surface area contributed by atoms with Crippen LogP contribution < -0.4 is 16.4 Å². The number of hydrogen-bond donors (Lipinski definition) is 4. The maximum atomic E-state index is 12.8. The smallest absolute Gasteiger partial charge is 0.326 e. The molecule has 0 saturated heterocycles. The maximum Gasteiger partial charge on any atom is 0.326 e. The van der Waals surface area contributed by atoms with Gasteiger partial charge in [-0.25, -0.2) is 4.79 Å². The number of nitrogens with one attached hydrogen (secondary N) is 2. The molecule has 0 unspecified atom stereocenters. The summed E-state index contributed by atoms with van der Waals surface area (Å²) in [6.07, 6.45) is 2.73. The van der Waals surface area contributed by atoms with Crippen LogP contribution in [-0.2, 0) is 20.8 Å². The van der Waals surface area contributed by atoms with Crippen molar-refractivity contribution in [3.8, 4) is 0 Å². The molecule has 0 bridgehead atoms. The Kier molecular flexibility index (Phi) is 6.14. The molecule has 25 heavy (non-hydrogen) atoms. The molecule has 1 aromatic rings. The van der Waals surface area contributed by atoms with E-state index in [9.17, 15) is 19.5 Å². The largest absolute Gasteiger partial charge is 0.480 e. The molecule has 0 aromatic heterocycles. The molecule has 0 radical (unpaired) electrons. The summed E-state index contributed by atoms with van der Waals surface area (Å²) in [6, 6.07) is 7.31. The van der Waals surface area contributed by atoms with Gasteiger partial charge in [0.1, 0.15) is 11.6 Å². The summed E-state index contributed by atoms with van der Waals surface area (Å²) >= 11 is 0. The van der Waals surface area contributed by atoms with E-state index in [0.717, 1.165) is 18.4 Å². The molecule has 1 fully saturated rings. The van der Waals surface area contributed by atoms with Crippen LogP contribution in [0.4, 0.5) is 0 Å². The first-order valence-electron chi connectivity index (χ1n) is 8.49. The highest BCUT2D eigenvalue weighted by Crippen LogP contribution is 2.30. The van der Waals surface area contributed by atoms with Crippen LogP contribution in [0.1, 0.15) is 38.2 Å². The first-order chi connectivity index (χ1) is 11.8. The Labute approximate surface area is 147 Å². The van der Waals surface area contributed by atoms with Gasteiger partial charge >= 0.3 is 5.97 Å². The van der Waals surface area contributed by atoms with E-state index in [1.165, 1.54) is 0 Å². The van der Waals surface area contributed by atoms with E-state index in [1.54, 1.807) is 6.92 Å². The van der Waals surface area contributed by atoms with Crippen molar-refractivity contribution in [1.82, 2.24) is 10.6 Å². The molecule has 0 aliphatic heterocycles. The van der Waals surface area contributed by atoms with Crippen molar-refractivity contribution in [1.29, 1.82) is 0 Å². The lowest BCUT2D eigenvalue weighted by Crippen LogP contribution is -2.62. The van der Waals surface area contributed by atoms with Gasteiger partial charge in [0.15, 0.2) is 0 Å². The highest BCUT2D eigenvalue weighted by Gasteiger charge is 2.44. The zero-order chi connectivity index (χ0) is 18.4. The highest BCUT2D eigenvalue weighted by atomic mass is 16.4. The molecule has 5 N–H and O–H groups in total. The van der Waals surface area contributed by atoms with Gasteiger partial charge in [0.2, 0.25) is 11.8 Å². The highest BCUT2D eigenvalue weighted by molar-refractivity contribution is 5.95. The van der Waals surface area contributed by atoms with Gasteiger partial charge in [0.05, 0.1) is 6.04 Å². The van der Waals surface area contributed by atoms with E-state index in [4.69, 9.17) is 5.73 Å². The second kappa shape index (κ2) is 8.11. The van der Waals surface area contributed by atoms with Gasteiger partial charge in [-0.2, -0.15) is 0 Å². The minimum absolute atomic E-state index is 0.180. The number of carbonyl (C=O) groups excluding carboxylic acids is 2. The number of nitrogens with two attached hydrogens (primary N) is 1. The van der Waals surface area contributed by atoms with Crippen LogP contribution in [0, 0.1) is 0 Å². The molecule has 136 valence electrons. The summed E-state index contributed by atoms with van der Waals surface area (Å²) < 4.78 is 0. The van der Waals surface area contributed by atoms with Crippen molar-refractivity contribution < 1.29 is 19.5 Å². The lowest BCUT2D eigenvalue weighted by molar-refractivity contribution is -0.143. The summed E-state index contributed by atoms with van der Waals surface area (Å²) in [5.41, 5.74) is 5.33. The minimum Gasteiger partial charge on any atom is -0.480 e. The van der Waals surface area contributed by atoms with Gasteiger partial charge in [-0.15, -0.1) is 0 Å². The molecule has 2 amide bonds. The van der Waals surface area contributed by atoms with Crippen molar-refractivity contribution in [3.05, 3.63) is 35.9 Å². The van der Waals surface area contributed by atoms with Crippen LogP contribution in [0.5, 0.6) is 0 Å². The Hall–Kier alpha value is -2.41. The Morgan fingerprint density at radius 3 is 2.32 bits per heavy atom. The van der Waals surface area contributed by atoms with E-state index in [1.807, 2.05) is 30.3 Å². The van der Waals surface area contributed by atoms with Crippen LogP contribution in [0.2, 0.25) is 0 Å². The topological polar surface area (TPSA) is 122 Å². The fraction of sp³-hybridized carbons (Fsp3) is 0.500. The van der Waals surface area contributed by atoms with Crippen molar-refractivity contribution >= 4 is 17.8 Å². The van der Waals surface area contributed by atoms with Crippen LogP contribution in [0.25, 0.3) is 0 Å². The zero-order valence-electron chi connectivity index (χ0n) is 14.3. The third-order valence-electron chi connectivity index (χ3n) is 4.55. The predicted molar refractivity (Wildman–Crippen MR) is 92.7 cm³/mol. The molecule has 2 rings (SSSR count).